The molecule has 142 valence electrons. The van der Waals surface area contributed by atoms with Gasteiger partial charge in [-0.05, 0) is 24.5 Å². The third-order valence-electron chi connectivity index (χ3n) is 4.80. The van der Waals surface area contributed by atoms with Gasteiger partial charge in [-0.2, -0.15) is 4.31 Å². The Morgan fingerprint density at radius 3 is 2.38 bits per heavy atom. The number of rotatable bonds is 5. The molecule has 0 bridgehead atoms. The van der Waals surface area contributed by atoms with Crippen LogP contribution in [0.2, 0.25) is 0 Å². The molecule has 0 spiro atoms. The highest BCUT2D eigenvalue weighted by Crippen LogP contribution is 2.38. The molecule has 7 nitrogen and oxygen atoms in total. The zero-order chi connectivity index (χ0) is 18.9. The lowest BCUT2D eigenvalue weighted by Crippen LogP contribution is -2.51. The minimum absolute atomic E-state index is 0.0655. The van der Waals surface area contributed by atoms with Gasteiger partial charge in [-0.25, -0.2) is 12.8 Å². The molecule has 2 fully saturated rings. The highest BCUT2D eigenvalue weighted by molar-refractivity contribution is 7.89. The Kier molecular flexibility index (Phi) is 5.29. The van der Waals surface area contributed by atoms with E-state index in [2.05, 4.69) is 0 Å². The van der Waals surface area contributed by atoms with Crippen LogP contribution in [0.3, 0.4) is 0 Å². The molecule has 26 heavy (non-hydrogen) atoms. The molecule has 3 rings (SSSR count). The van der Waals surface area contributed by atoms with Gasteiger partial charge in [-0.15, -0.1) is 0 Å². The normalized spacial score (nSPS) is 23.5. The maximum atomic E-state index is 13.8. The molecule has 0 unspecified atom stereocenters. The molecule has 2 aliphatic rings. The van der Waals surface area contributed by atoms with Crippen molar-refractivity contribution in [3.05, 3.63) is 30.1 Å². The Labute approximate surface area is 151 Å². The molecule has 1 saturated heterocycles. The molecule has 1 aromatic rings. The van der Waals surface area contributed by atoms with Crippen LogP contribution in [0.1, 0.15) is 13.3 Å². The number of halogens is 1. The van der Waals surface area contributed by atoms with Gasteiger partial charge in [0.25, 0.3) is 5.91 Å². The number of esters is 1. The second-order valence-corrected chi connectivity index (χ2v) is 8.55. The molecule has 0 N–H and O–H groups in total. The zero-order valence-corrected chi connectivity index (χ0v) is 15.2. The quantitative estimate of drug-likeness (QED) is 0.703. The Morgan fingerprint density at radius 1 is 1.19 bits per heavy atom. The van der Waals surface area contributed by atoms with Crippen molar-refractivity contribution in [1.29, 1.82) is 0 Å². The van der Waals surface area contributed by atoms with Crippen LogP contribution in [-0.2, 0) is 24.3 Å². The van der Waals surface area contributed by atoms with E-state index in [1.165, 1.54) is 23.1 Å². The molecular weight excluding hydrogens is 363 g/mol. The van der Waals surface area contributed by atoms with E-state index in [9.17, 15) is 22.4 Å². The van der Waals surface area contributed by atoms with Crippen molar-refractivity contribution >= 4 is 21.9 Å². The number of ether oxygens (including phenoxy) is 1. The third kappa shape index (κ3) is 3.88. The summed E-state index contributed by atoms with van der Waals surface area (Å²) >= 11 is 0. The molecule has 1 heterocycles. The maximum Gasteiger partial charge on any atom is 0.309 e. The summed E-state index contributed by atoms with van der Waals surface area (Å²) in [5.74, 6) is -1.30. The van der Waals surface area contributed by atoms with Gasteiger partial charge < -0.3 is 9.64 Å². The monoisotopic (exact) mass is 384 g/mol. The Hall–Kier alpha value is -2.00. The van der Waals surface area contributed by atoms with Gasteiger partial charge >= 0.3 is 5.97 Å². The number of benzene rings is 1. The van der Waals surface area contributed by atoms with Crippen LogP contribution in [0.25, 0.3) is 0 Å². The van der Waals surface area contributed by atoms with Crippen LogP contribution in [-0.4, -0.2) is 62.3 Å². The Balaban J connectivity index is 1.53. The van der Waals surface area contributed by atoms with E-state index in [4.69, 9.17) is 4.74 Å². The van der Waals surface area contributed by atoms with Crippen LogP contribution in [0.15, 0.2) is 29.2 Å². The van der Waals surface area contributed by atoms with Crippen molar-refractivity contribution in [2.45, 2.75) is 18.2 Å². The first-order valence-corrected chi connectivity index (χ1v) is 9.94. The topological polar surface area (TPSA) is 84.0 Å². The van der Waals surface area contributed by atoms with Crippen LogP contribution in [0.4, 0.5) is 4.39 Å². The summed E-state index contributed by atoms with van der Waals surface area (Å²) in [6, 6.07) is 5.21. The molecule has 0 aromatic heterocycles. The van der Waals surface area contributed by atoms with Crippen LogP contribution in [0.5, 0.6) is 0 Å². The second kappa shape index (κ2) is 7.32. The standard InChI is InChI=1S/C17H21FN2O5S/c1-12-10-13(12)17(22)25-11-16(21)19-6-8-20(9-7-19)26(23,24)15-5-3-2-4-14(15)18/h2-5,12-13H,6-11H2,1H3/t12-,13-/m0/s1. The van der Waals surface area contributed by atoms with Crippen molar-refractivity contribution < 1.29 is 27.1 Å². The molecule has 0 radical (unpaired) electrons. The lowest BCUT2D eigenvalue weighted by atomic mass is 10.3. The third-order valence-corrected chi connectivity index (χ3v) is 6.73. The first-order valence-electron chi connectivity index (χ1n) is 8.50. The summed E-state index contributed by atoms with van der Waals surface area (Å²) < 4.78 is 45.0. The van der Waals surface area contributed by atoms with Crippen LogP contribution in [0, 0.1) is 17.7 Å². The fourth-order valence-electron chi connectivity index (χ4n) is 2.95. The van der Waals surface area contributed by atoms with Crippen molar-refractivity contribution in [2.75, 3.05) is 32.8 Å². The van der Waals surface area contributed by atoms with Gasteiger partial charge in [-0.1, -0.05) is 19.1 Å². The second-order valence-electron chi connectivity index (χ2n) is 6.64. The predicted molar refractivity (Wildman–Crippen MR) is 90.0 cm³/mol. The lowest BCUT2D eigenvalue weighted by Gasteiger charge is -2.33. The smallest absolute Gasteiger partial charge is 0.309 e. The summed E-state index contributed by atoms with van der Waals surface area (Å²) in [6.45, 7) is 2.09. The first kappa shape index (κ1) is 18.8. The van der Waals surface area contributed by atoms with Gasteiger partial charge in [0.05, 0.1) is 5.92 Å². The molecule has 1 aromatic carbocycles. The van der Waals surface area contributed by atoms with E-state index in [1.807, 2.05) is 6.92 Å². The summed E-state index contributed by atoms with van der Waals surface area (Å²) in [4.78, 5) is 24.9. The van der Waals surface area contributed by atoms with E-state index in [1.54, 1.807) is 0 Å². The number of amides is 1. The molecule has 2 atom stereocenters. The van der Waals surface area contributed by atoms with Crippen molar-refractivity contribution in [3.63, 3.8) is 0 Å². The average molecular weight is 384 g/mol. The molecule has 1 aliphatic carbocycles. The average Bonchev–Trinajstić information content (AvgIpc) is 3.36. The molecular formula is C17H21FN2O5S. The van der Waals surface area contributed by atoms with Gasteiger partial charge in [-0.3, -0.25) is 9.59 Å². The SMILES string of the molecule is C[C@H]1C[C@@H]1C(=O)OCC(=O)N1CCN(S(=O)(=O)c2ccccc2F)CC1. The first-order chi connectivity index (χ1) is 12.3. The van der Waals surface area contributed by atoms with Crippen LogP contribution < -0.4 is 0 Å². The lowest BCUT2D eigenvalue weighted by molar-refractivity contribution is -0.153. The van der Waals surface area contributed by atoms with Crippen molar-refractivity contribution in [1.82, 2.24) is 9.21 Å². The van der Waals surface area contributed by atoms with Gasteiger partial charge in [0, 0.05) is 26.2 Å². The number of piperazine rings is 1. The highest BCUT2D eigenvalue weighted by atomic mass is 32.2. The number of carbonyl (C=O) groups is 2. The maximum absolute atomic E-state index is 13.8. The number of nitrogens with zero attached hydrogens (tertiary/aromatic N) is 2. The predicted octanol–water partition coefficient (Wildman–Crippen LogP) is 0.858. The minimum Gasteiger partial charge on any atom is -0.455 e. The summed E-state index contributed by atoms with van der Waals surface area (Å²) in [6.07, 6.45) is 0.791. The minimum atomic E-state index is -3.94. The van der Waals surface area contributed by atoms with E-state index >= 15 is 0 Å². The van der Waals surface area contributed by atoms with Gasteiger partial charge in [0.2, 0.25) is 10.0 Å². The summed E-state index contributed by atoms with van der Waals surface area (Å²) in [5.41, 5.74) is 0. The molecule has 1 aliphatic heterocycles. The molecule has 9 heteroatoms. The Morgan fingerprint density at radius 2 is 1.81 bits per heavy atom. The number of sulfonamides is 1. The van der Waals surface area contributed by atoms with Gasteiger partial charge in [0.1, 0.15) is 10.7 Å². The van der Waals surface area contributed by atoms with E-state index in [-0.39, 0.29) is 55.5 Å². The summed E-state index contributed by atoms with van der Waals surface area (Å²) in [7, 11) is -3.94. The fraction of sp³-hybridized carbons (Fsp3) is 0.529. The van der Waals surface area contributed by atoms with E-state index in [0.717, 1.165) is 16.8 Å². The highest BCUT2D eigenvalue weighted by Gasteiger charge is 2.41. The zero-order valence-electron chi connectivity index (χ0n) is 14.4. The van der Waals surface area contributed by atoms with Crippen molar-refractivity contribution in [3.8, 4) is 0 Å². The van der Waals surface area contributed by atoms with E-state index in [0.29, 0.717) is 5.92 Å². The Bertz CT molecular complexity index is 805. The summed E-state index contributed by atoms with van der Waals surface area (Å²) in [5, 5.41) is 0. The largest absolute Gasteiger partial charge is 0.455 e. The number of carbonyl (C=O) groups excluding carboxylic acids is 2. The molecule has 1 saturated carbocycles. The fourth-order valence-corrected chi connectivity index (χ4v) is 4.44. The van der Waals surface area contributed by atoms with Crippen LogP contribution >= 0.6 is 0 Å². The number of hydrogen-bond acceptors (Lipinski definition) is 5. The number of hydrogen-bond donors (Lipinski definition) is 0. The van der Waals surface area contributed by atoms with E-state index < -0.39 is 15.8 Å². The van der Waals surface area contributed by atoms with Gasteiger partial charge in [0.15, 0.2) is 6.61 Å². The molecule has 1 amide bonds. The van der Waals surface area contributed by atoms with Crippen molar-refractivity contribution in [2.24, 2.45) is 11.8 Å².